The predicted octanol–water partition coefficient (Wildman–Crippen LogP) is 10.5. The summed E-state index contributed by atoms with van der Waals surface area (Å²) >= 11 is 0. The van der Waals surface area contributed by atoms with Crippen LogP contribution in [0, 0.1) is 0 Å². The van der Waals surface area contributed by atoms with E-state index in [0.717, 1.165) is 44.9 Å². The highest BCUT2D eigenvalue weighted by Gasteiger charge is 2.44. The lowest BCUT2D eigenvalue weighted by molar-refractivity contribution is -0.302. The molecule has 0 aromatic rings. The minimum Gasteiger partial charge on any atom is -0.394 e. The lowest BCUT2D eigenvalue weighted by Gasteiger charge is -2.40. The summed E-state index contributed by atoms with van der Waals surface area (Å²) < 4.78 is 11.1. The molecule has 0 aromatic carbocycles. The van der Waals surface area contributed by atoms with Crippen LogP contribution in [-0.2, 0) is 14.3 Å². The summed E-state index contributed by atoms with van der Waals surface area (Å²) in [5.74, 6) is -0.185. The lowest BCUT2D eigenvalue weighted by atomic mass is 9.99. The van der Waals surface area contributed by atoms with Gasteiger partial charge in [0.1, 0.15) is 24.4 Å². The molecule has 9 nitrogen and oxygen atoms in total. The van der Waals surface area contributed by atoms with Gasteiger partial charge in [0, 0.05) is 6.42 Å². The predicted molar refractivity (Wildman–Crippen MR) is 240 cm³/mol. The number of aliphatic hydroxyl groups is 5. The Morgan fingerprint density at radius 1 is 0.586 bits per heavy atom. The monoisotopic (exact) mass is 822 g/mol. The van der Waals surface area contributed by atoms with Crippen LogP contribution in [0.3, 0.4) is 0 Å². The highest BCUT2D eigenvalue weighted by atomic mass is 16.7. The van der Waals surface area contributed by atoms with Crippen LogP contribution in [0.25, 0.3) is 0 Å². The van der Waals surface area contributed by atoms with Crippen molar-refractivity contribution in [3.8, 4) is 0 Å². The summed E-state index contributed by atoms with van der Waals surface area (Å²) in [6.07, 6.45) is 42.9. The van der Waals surface area contributed by atoms with Crippen LogP contribution in [0.1, 0.15) is 213 Å². The van der Waals surface area contributed by atoms with E-state index in [1.54, 1.807) is 6.08 Å². The fourth-order valence-electron chi connectivity index (χ4n) is 7.53. The second-order valence-electron chi connectivity index (χ2n) is 16.9. The van der Waals surface area contributed by atoms with Crippen molar-refractivity contribution in [3.05, 3.63) is 36.5 Å². The number of aliphatic hydroxyl groups excluding tert-OH is 5. The first-order valence-electron chi connectivity index (χ1n) is 24.2. The van der Waals surface area contributed by atoms with E-state index in [0.29, 0.717) is 6.42 Å². The standard InChI is InChI=1S/C49H91NO8/c1-3-5-7-9-10-11-12-13-14-15-16-17-18-19-20-21-22-23-24-25-26-27-28-29-30-31-32-33-34-35-37-39-45(53)50-42(43(52)38-36-8-6-4-2)41-57-49-48(56)47(55)46(54)44(40-51)58-49/h12-13,15-16,36,38,42-44,46-49,51-52,54-56H,3-11,14,17-35,37,39-41H2,1-2H3,(H,50,53)/b13-12-,16-15-,38-36+. The third-order valence-corrected chi connectivity index (χ3v) is 11.5. The maximum Gasteiger partial charge on any atom is 0.220 e. The first-order chi connectivity index (χ1) is 28.3. The second kappa shape index (κ2) is 39.5. The van der Waals surface area contributed by atoms with Crippen LogP contribution in [0.15, 0.2) is 36.5 Å². The molecule has 58 heavy (non-hydrogen) atoms. The number of allylic oxidation sites excluding steroid dienone is 5. The average molecular weight is 822 g/mol. The number of rotatable bonds is 40. The fraction of sp³-hybridized carbons (Fsp3) is 0.857. The average Bonchev–Trinajstić information content (AvgIpc) is 3.22. The highest BCUT2D eigenvalue weighted by Crippen LogP contribution is 2.23. The van der Waals surface area contributed by atoms with Crippen LogP contribution in [0.2, 0.25) is 0 Å². The Hall–Kier alpha value is -1.59. The molecule has 0 aromatic heterocycles. The van der Waals surface area contributed by atoms with Gasteiger partial charge in [-0.05, 0) is 44.9 Å². The number of nitrogens with one attached hydrogen (secondary N) is 1. The number of ether oxygens (including phenoxy) is 2. The van der Waals surface area contributed by atoms with Crippen molar-refractivity contribution in [2.24, 2.45) is 0 Å². The van der Waals surface area contributed by atoms with Gasteiger partial charge in [0.15, 0.2) is 6.29 Å². The molecule has 1 aliphatic heterocycles. The van der Waals surface area contributed by atoms with E-state index in [4.69, 9.17) is 9.47 Å². The topological polar surface area (TPSA) is 149 Å². The number of carbonyl (C=O) groups excluding carboxylic acids is 1. The quantitative estimate of drug-likeness (QED) is 0.0264. The molecule has 0 saturated carbocycles. The molecule has 1 rings (SSSR count). The van der Waals surface area contributed by atoms with Crippen LogP contribution in [-0.4, -0.2) is 87.5 Å². The van der Waals surface area contributed by atoms with Crippen molar-refractivity contribution < 1.29 is 39.8 Å². The molecule has 6 N–H and O–H groups in total. The maximum atomic E-state index is 12.8. The van der Waals surface area contributed by atoms with Crippen LogP contribution >= 0.6 is 0 Å². The Morgan fingerprint density at radius 3 is 1.52 bits per heavy atom. The summed E-state index contributed by atoms with van der Waals surface area (Å²) in [5.41, 5.74) is 0. The van der Waals surface area contributed by atoms with E-state index in [9.17, 15) is 30.3 Å². The Labute approximate surface area is 355 Å². The maximum absolute atomic E-state index is 12.8. The number of hydrogen-bond donors (Lipinski definition) is 6. The molecular weight excluding hydrogens is 731 g/mol. The first kappa shape index (κ1) is 54.4. The van der Waals surface area contributed by atoms with Crippen LogP contribution in [0.4, 0.5) is 0 Å². The fourth-order valence-corrected chi connectivity index (χ4v) is 7.53. The van der Waals surface area contributed by atoms with Gasteiger partial charge in [-0.15, -0.1) is 0 Å². The molecule has 7 unspecified atom stereocenters. The smallest absolute Gasteiger partial charge is 0.220 e. The molecule has 1 fully saturated rings. The van der Waals surface area contributed by atoms with Crippen LogP contribution in [0.5, 0.6) is 0 Å². The van der Waals surface area contributed by atoms with Crippen molar-refractivity contribution in [3.63, 3.8) is 0 Å². The van der Waals surface area contributed by atoms with Gasteiger partial charge in [0.05, 0.1) is 25.4 Å². The van der Waals surface area contributed by atoms with Gasteiger partial charge >= 0.3 is 0 Å². The Bertz CT molecular complexity index is 1000. The van der Waals surface area contributed by atoms with Crippen molar-refractivity contribution in [1.82, 2.24) is 5.32 Å². The zero-order valence-corrected chi connectivity index (χ0v) is 37.3. The molecule has 7 atom stereocenters. The van der Waals surface area contributed by atoms with E-state index in [2.05, 4.69) is 43.5 Å². The van der Waals surface area contributed by atoms with Crippen molar-refractivity contribution in [2.75, 3.05) is 13.2 Å². The molecule has 1 saturated heterocycles. The number of amides is 1. The van der Waals surface area contributed by atoms with Gasteiger partial charge < -0.3 is 40.3 Å². The summed E-state index contributed by atoms with van der Waals surface area (Å²) in [6, 6.07) is -0.798. The van der Waals surface area contributed by atoms with Gasteiger partial charge in [-0.2, -0.15) is 0 Å². The zero-order valence-electron chi connectivity index (χ0n) is 37.3. The molecule has 1 aliphatic rings. The highest BCUT2D eigenvalue weighted by molar-refractivity contribution is 5.76. The van der Waals surface area contributed by atoms with Crippen molar-refractivity contribution in [2.45, 2.75) is 256 Å². The second-order valence-corrected chi connectivity index (χ2v) is 16.9. The third-order valence-electron chi connectivity index (χ3n) is 11.5. The minimum absolute atomic E-state index is 0.185. The summed E-state index contributed by atoms with van der Waals surface area (Å²) in [7, 11) is 0. The molecule has 9 heteroatoms. The number of hydrogen-bond acceptors (Lipinski definition) is 8. The van der Waals surface area contributed by atoms with E-state index in [-0.39, 0.29) is 12.5 Å². The molecule has 0 radical (unpaired) electrons. The van der Waals surface area contributed by atoms with E-state index >= 15 is 0 Å². The van der Waals surface area contributed by atoms with Gasteiger partial charge in [0.2, 0.25) is 5.91 Å². The molecule has 340 valence electrons. The molecule has 0 aliphatic carbocycles. The van der Waals surface area contributed by atoms with E-state index < -0.39 is 49.5 Å². The molecule has 0 bridgehead atoms. The van der Waals surface area contributed by atoms with Crippen molar-refractivity contribution >= 4 is 5.91 Å². The molecule has 1 amide bonds. The summed E-state index contributed by atoms with van der Waals surface area (Å²) in [4.78, 5) is 12.8. The van der Waals surface area contributed by atoms with E-state index in [1.165, 1.54) is 148 Å². The van der Waals surface area contributed by atoms with Gasteiger partial charge in [-0.3, -0.25) is 4.79 Å². The summed E-state index contributed by atoms with van der Waals surface area (Å²) in [6.45, 7) is 3.61. The minimum atomic E-state index is -1.56. The van der Waals surface area contributed by atoms with Gasteiger partial charge in [-0.1, -0.05) is 198 Å². The van der Waals surface area contributed by atoms with Gasteiger partial charge in [0.25, 0.3) is 0 Å². The Kier molecular flexibility index (Phi) is 37.1. The first-order valence-corrected chi connectivity index (χ1v) is 24.2. The number of carbonyl (C=O) groups is 1. The van der Waals surface area contributed by atoms with E-state index in [1.807, 2.05) is 6.08 Å². The van der Waals surface area contributed by atoms with Crippen LogP contribution < -0.4 is 5.32 Å². The zero-order chi connectivity index (χ0) is 42.3. The molecule has 1 heterocycles. The number of unbranched alkanes of at least 4 members (excludes halogenated alkanes) is 26. The van der Waals surface area contributed by atoms with Crippen molar-refractivity contribution in [1.29, 1.82) is 0 Å². The van der Waals surface area contributed by atoms with Gasteiger partial charge in [-0.25, -0.2) is 0 Å². The molecular formula is C49H91NO8. The summed E-state index contributed by atoms with van der Waals surface area (Å²) in [5, 5.41) is 53.6. The molecule has 0 spiro atoms. The Morgan fingerprint density at radius 2 is 1.03 bits per heavy atom. The Balaban J connectivity index is 2.01. The normalized spacial score (nSPS) is 21.1. The largest absolute Gasteiger partial charge is 0.394 e. The SMILES string of the molecule is CCCC/C=C/C(O)C(COC1OC(CO)C(O)C(O)C1O)NC(=O)CCCCCCCCCCCCCCCCCCCCC/C=C\C/C=C\CCCCCCC. The lowest BCUT2D eigenvalue weighted by Crippen LogP contribution is -2.60. The third kappa shape index (κ3) is 29.6.